The molecule has 2 unspecified atom stereocenters. The SMILES string of the molecule is CCSC(=O)OC1/C=C/CCC(NC(C)(C)C)CC1. The molecular formula is C15H27NO2S. The molecule has 0 saturated heterocycles. The van der Waals surface area contributed by atoms with Gasteiger partial charge >= 0.3 is 5.30 Å². The van der Waals surface area contributed by atoms with E-state index in [0.717, 1.165) is 31.4 Å². The minimum Gasteiger partial charge on any atom is -0.450 e. The third kappa shape index (κ3) is 7.63. The van der Waals surface area contributed by atoms with Crippen molar-refractivity contribution in [1.29, 1.82) is 0 Å². The van der Waals surface area contributed by atoms with Gasteiger partial charge in [0.2, 0.25) is 0 Å². The van der Waals surface area contributed by atoms with Crippen molar-refractivity contribution >= 4 is 17.1 Å². The van der Waals surface area contributed by atoms with Crippen molar-refractivity contribution < 1.29 is 9.53 Å². The van der Waals surface area contributed by atoms with E-state index in [9.17, 15) is 4.79 Å². The molecule has 0 amide bonds. The summed E-state index contributed by atoms with van der Waals surface area (Å²) in [6.45, 7) is 8.54. The monoisotopic (exact) mass is 285 g/mol. The van der Waals surface area contributed by atoms with Gasteiger partial charge in [0.1, 0.15) is 6.10 Å². The van der Waals surface area contributed by atoms with Crippen LogP contribution in [-0.4, -0.2) is 28.7 Å². The summed E-state index contributed by atoms with van der Waals surface area (Å²) < 4.78 is 5.46. The molecule has 0 fully saturated rings. The van der Waals surface area contributed by atoms with Gasteiger partial charge in [-0.3, -0.25) is 0 Å². The quantitative estimate of drug-likeness (QED) is 0.625. The van der Waals surface area contributed by atoms with Crippen molar-refractivity contribution in [3.05, 3.63) is 12.2 Å². The van der Waals surface area contributed by atoms with Crippen LogP contribution in [0.3, 0.4) is 0 Å². The molecule has 1 N–H and O–H groups in total. The lowest BCUT2D eigenvalue weighted by atomic mass is 9.96. The van der Waals surface area contributed by atoms with Gasteiger partial charge in [0.05, 0.1) is 0 Å². The Labute approximate surface area is 121 Å². The molecule has 2 atom stereocenters. The van der Waals surface area contributed by atoms with E-state index in [1.54, 1.807) is 0 Å². The zero-order valence-electron chi connectivity index (χ0n) is 12.6. The number of thioether (sulfide) groups is 1. The van der Waals surface area contributed by atoms with Gasteiger partial charge in [-0.1, -0.05) is 13.0 Å². The Bertz CT molecular complexity index is 310. The molecule has 0 heterocycles. The highest BCUT2D eigenvalue weighted by molar-refractivity contribution is 8.13. The number of carbonyl (C=O) groups excluding carboxylic acids is 1. The maximum absolute atomic E-state index is 11.5. The Balaban J connectivity index is 2.46. The first kappa shape index (κ1) is 16.6. The van der Waals surface area contributed by atoms with Gasteiger partial charge in [0.15, 0.2) is 0 Å². The number of nitrogens with one attached hydrogen (secondary N) is 1. The highest BCUT2D eigenvalue weighted by Gasteiger charge is 2.20. The standard InChI is InChI=1S/C15H27NO2S/c1-5-19-14(17)18-13-9-7-6-8-12(10-11-13)16-15(2,3)4/h7,9,12-13,16H,5-6,8,10-11H2,1-4H3/b9-7+. The summed E-state index contributed by atoms with van der Waals surface area (Å²) in [7, 11) is 0. The van der Waals surface area contributed by atoms with E-state index in [1.165, 1.54) is 11.8 Å². The smallest absolute Gasteiger partial charge is 0.367 e. The topological polar surface area (TPSA) is 38.3 Å². The first-order valence-corrected chi connectivity index (χ1v) is 8.17. The average molecular weight is 285 g/mol. The summed E-state index contributed by atoms with van der Waals surface area (Å²) in [6, 6.07) is 0.505. The number of allylic oxidation sites excluding steroid dienone is 1. The highest BCUT2D eigenvalue weighted by atomic mass is 32.2. The fraction of sp³-hybridized carbons (Fsp3) is 0.800. The van der Waals surface area contributed by atoms with Gasteiger partial charge in [-0.15, -0.1) is 0 Å². The molecule has 1 aliphatic rings. The van der Waals surface area contributed by atoms with E-state index in [-0.39, 0.29) is 16.9 Å². The second-order valence-electron chi connectivity index (χ2n) is 6.01. The molecule has 0 aromatic rings. The predicted octanol–water partition coefficient (Wildman–Crippen LogP) is 4.13. The third-order valence-corrected chi connectivity index (χ3v) is 3.60. The number of carbonyl (C=O) groups is 1. The van der Waals surface area contributed by atoms with E-state index in [0.29, 0.717) is 6.04 Å². The van der Waals surface area contributed by atoms with E-state index in [2.05, 4.69) is 32.2 Å². The molecule has 0 radical (unpaired) electrons. The van der Waals surface area contributed by atoms with Gasteiger partial charge in [0.25, 0.3) is 0 Å². The Morgan fingerprint density at radius 1 is 1.37 bits per heavy atom. The summed E-state index contributed by atoms with van der Waals surface area (Å²) in [4.78, 5) is 11.5. The zero-order valence-corrected chi connectivity index (χ0v) is 13.4. The summed E-state index contributed by atoms with van der Waals surface area (Å²) in [6.07, 6.45) is 8.28. The average Bonchev–Trinajstić information content (AvgIpc) is 2.25. The Hall–Kier alpha value is -0.480. The largest absolute Gasteiger partial charge is 0.450 e. The van der Waals surface area contributed by atoms with Crippen LogP contribution in [0.15, 0.2) is 12.2 Å². The van der Waals surface area contributed by atoms with Gasteiger partial charge < -0.3 is 10.1 Å². The molecule has 1 aliphatic carbocycles. The molecule has 110 valence electrons. The maximum Gasteiger partial charge on any atom is 0.367 e. The first-order chi connectivity index (χ1) is 8.90. The van der Waals surface area contributed by atoms with Crippen LogP contribution >= 0.6 is 11.8 Å². The van der Waals surface area contributed by atoms with Crippen LogP contribution in [0.25, 0.3) is 0 Å². The van der Waals surface area contributed by atoms with Crippen molar-refractivity contribution in [3.63, 3.8) is 0 Å². The van der Waals surface area contributed by atoms with Crippen molar-refractivity contribution in [2.45, 2.75) is 71.1 Å². The Morgan fingerprint density at radius 2 is 2.11 bits per heavy atom. The van der Waals surface area contributed by atoms with E-state index in [4.69, 9.17) is 4.74 Å². The van der Waals surface area contributed by atoms with E-state index in [1.807, 2.05) is 13.0 Å². The van der Waals surface area contributed by atoms with Crippen LogP contribution in [0.5, 0.6) is 0 Å². The van der Waals surface area contributed by atoms with E-state index >= 15 is 0 Å². The summed E-state index contributed by atoms with van der Waals surface area (Å²) in [5.74, 6) is 0.767. The Morgan fingerprint density at radius 3 is 2.74 bits per heavy atom. The number of ether oxygens (including phenoxy) is 1. The third-order valence-electron chi connectivity index (χ3n) is 2.98. The molecule has 4 heteroatoms. The first-order valence-electron chi connectivity index (χ1n) is 7.18. The van der Waals surface area contributed by atoms with Crippen LogP contribution in [0.2, 0.25) is 0 Å². The number of hydrogen-bond acceptors (Lipinski definition) is 4. The van der Waals surface area contributed by atoms with Crippen LogP contribution in [0, 0.1) is 0 Å². The lowest BCUT2D eigenvalue weighted by molar-refractivity contribution is 0.136. The maximum atomic E-state index is 11.5. The number of rotatable bonds is 3. The lowest BCUT2D eigenvalue weighted by Crippen LogP contribution is -2.44. The Kier molecular flexibility index (Phi) is 6.94. The second kappa shape index (κ2) is 7.95. The van der Waals surface area contributed by atoms with Crippen LogP contribution in [0.1, 0.15) is 53.4 Å². The fourth-order valence-electron chi connectivity index (χ4n) is 2.28. The normalized spacial score (nSPS) is 26.3. The van der Waals surface area contributed by atoms with Crippen LogP contribution < -0.4 is 5.32 Å². The summed E-state index contributed by atoms with van der Waals surface area (Å²) in [5, 5.41) is 3.49. The minimum atomic E-state index is -0.155. The molecule has 0 aromatic heterocycles. The van der Waals surface area contributed by atoms with Gasteiger partial charge in [0, 0.05) is 17.3 Å². The van der Waals surface area contributed by atoms with Crippen molar-refractivity contribution in [2.75, 3.05) is 5.75 Å². The van der Waals surface area contributed by atoms with Crippen LogP contribution in [-0.2, 0) is 4.74 Å². The second-order valence-corrected chi connectivity index (χ2v) is 7.21. The number of hydrogen-bond donors (Lipinski definition) is 1. The van der Waals surface area contributed by atoms with Crippen LogP contribution in [0.4, 0.5) is 4.79 Å². The molecule has 0 saturated carbocycles. The van der Waals surface area contributed by atoms with Crippen molar-refractivity contribution in [2.24, 2.45) is 0 Å². The minimum absolute atomic E-state index is 0.0591. The predicted molar refractivity (Wildman–Crippen MR) is 82.7 cm³/mol. The molecule has 19 heavy (non-hydrogen) atoms. The fourth-order valence-corrected chi connectivity index (χ4v) is 2.71. The van der Waals surface area contributed by atoms with Crippen molar-refractivity contribution in [3.8, 4) is 0 Å². The molecule has 0 aliphatic heterocycles. The lowest BCUT2D eigenvalue weighted by Gasteiger charge is -2.30. The molecule has 1 rings (SSSR count). The van der Waals surface area contributed by atoms with Crippen molar-refractivity contribution in [1.82, 2.24) is 5.32 Å². The molecule has 3 nitrogen and oxygen atoms in total. The molecule has 0 spiro atoms. The van der Waals surface area contributed by atoms with Gasteiger partial charge in [-0.2, -0.15) is 0 Å². The summed E-state index contributed by atoms with van der Waals surface area (Å²) in [5.41, 5.74) is 0.137. The molecule has 0 aromatic carbocycles. The zero-order chi connectivity index (χ0) is 14.3. The highest BCUT2D eigenvalue weighted by Crippen LogP contribution is 2.19. The molecule has 0 bridgehead atoms. The summed E-state index contributed by atoms with van der Waals surface area (Å²) >= 11 is 1.24. The van der Waals surface area contributed by atoms with Gasteiger partial charge in [-0.25, -0.2) is 4.79 Å². The van der Waals surface area contributed by atoms with Gasteiger partial charge in [-0.05, 0) is 64.3 Å². The molecular weight excluding hydrogens is 258 g/mol. The van der Waals surface area contributed by atoms with E-state index < -0.39 is 0 Å².